The van der Waals surface area contributed by atoms with Crippen LogP contribution < -0.4 is 15.8 Å². The number of benzene rings is 1. The molecule has 4 N–H and O–H groups in total. The fourth-order valence-electron chi connectivity index (χ4n) is 2.17. The third-order valence-electron chi connectivity index (χ3n) is 3.56. The van der Waals surface area contributed by atoms with Crippen LogP contribution in [0.3, 0.4) is 0 Å². The van der Waals surface area contributed by atoms with Crippen molar-refractivity contribution in [3.05, 3.63) is 67.5 Å². The SMILES string of the molecule is O=c1ccn([C@@H](CO)O[C@H](CO)COP(=O)(O)Oc2ccc([N+](=O)[O-])cc2)c(=O)[nH]1. The van der Waals surface area contributed by atoms with E-state index in [1.54, 1.807) is 0 Å². The van der Waals surface area contributed by atoms with Gasteiger partial charge in [-0.25, -0.2) is 9.36 Å². The Morgan fingerprint density at radius 2 is 1.83 bits per heavy atom. The normalized spacial score (nSPS) is 15.2. The number of aromatic nitrogens is 2. The van der Waals surface area contributed by atoms with Crippen LogP contribution in [0.25, 0.3) is 0 Å². The first-order chi connectivity index (χ1) is 14.1. The third-order valence-corrected chi connectivity index (χ3v) is 4.48. The smallest absolute Gasteiger partial charge is 0.404 e. The van der Waals surface area contributed by atoms with Crippen molar-refractivity contribution < 1.29 is 38.4 Å². The van der Waals surface area contributed by atoms with E-state index in [-0.39, 0.29) is 11.4 Å². The number of phosphoric acid groups is 1. The van der Waals surface area contributed by atoms with Crippen LogP contribution >= 0.6 is 7.82 Å². The fraction of sp³-hybridized carbons (Fsp3) is 0.333. The van der Waals surface area contributed by atoms with E-state index in [0.29, 0.717) is 0 Å². The monoisotopic (exact) mass is 447 g/mol. The molecule has 2 rings (SSSR count). The highest BCUT2D eigenvalue weighted by atomic mass is 31.2. The average molecular weight is 447 g/mol. The topological polar surface area (TPSA) is 203 Å². The highest BCUT2D eigenvalue weighted by molar-refractivity contribution is 7.47. The number of nitro benzene ring substituents is 1. The molecule has 3 atom stereocenters. The minimum atomic E-state index is -4.70. The third kappa shape index (κ3) is 6.59. The lowest BCUT2D eigenvalue weighted by Gasteiger charge is -2.24. The molecule has 0 saturated carbocycles. The van der Waals surface area contributed by atoms with E-state index in [1.165, 1.54) is 0 Å². The molecule has 14 nitrogen and oxygen atoms in total. The van der Waals surface area contributed by atoms with Crippen molar-refractivity contribution in [2.75, 3.05) is 19.8 Å². The summed E-state index contributed by atoms with van der Waals surface area (Å²) in [6.45, 7) is -2.11. The van der Waals surface area contributed by atoms with Crippen LogP contribution in [0.1, 0.15) is 6.23 Å². The van der Waals surface area contributed by atoms with Gasteiger partial charge in [-0.15, -0.1) is 0 Å². The highest BCUT2D eigenvalue weighted by Crippen LogP contribution is 2.44. The van der Waals surface area contributed by atoms with Gasteiger partial charge in [0.15, 0.2) is 6.23 Å². The number of hydrogen-bond acceptors (Lipinski definition) is 10. The van der Waals surface area contributed by atoms with E-state index in [1.807, 2.05) is 4.98 Å². The average Bonchev–Trinajstić information content (AvgIpc) is 2.69. The molecular formula is C15H18N3O11P. The number of rotatable bonds is 11. The number of non-ortho nitro benzene ring substituents is 1. The van der Waals surface area contributed by atoms with Crippen LogP contribution in [0.15, 0.2) is 46.1 Å². The van der Waals surface area contributed by atoms with Gasteiger partial charge in [-0.2, -0.15) is 0 Å². The van der Waals surface area contributed by atoms with Gasteiger partial charge in [0.25, 0.3) is 11.2 Å². The Kier molecular flexibility index (Phi) is 8.00. The van der Waals surface area contributed by atoms with Gasteiger partial charge < -0.3 is 19.5 Å². The van der Waals surface area contributed by atoms with Gasteiger partial charge in [-0.05, 0) is 12.1 Å². The molecule has 0 spiro atoms. The molecular weight excluding hydrogens is 429 g/mol. The van der Waals surface area contributed by atoms with Crippen LogP contribution in [0.5, 0.6) is 5.75 Å². The molecule has 1 aromatic heterocycles. The van der Waals surface area contributed by atoms with Gasteiger partial charge in [0.05, 0.1) is 24.7 Å². The zero-order valence-corrected chi connectivity index (χ0v) is 16.1. The number of aliphatic hydroxyl groups is 2. The predicted octanol–water partition coefficient (Wildman–Crippen LogP) is -0.491. The number of hydrogen-bond donors (Lipinski definition) is 4. The van der Waals surface area contributed by atoms with Crippen molar-refractivity contribution >= 4 is 13.5 Å². The molecule has 30 heavy (non-hydrogen) atoms. The highest BCUT2D eigenvalue weighted by Gasteiger charge is 2.27. The largest absolute Gasteiger partial charge is 0.527 e. The summed E-state index contributed by atoms with van der Waals surface area (Å²) in [4.78, 5) is 44.6. The van der Waals surface area contributed by atoms with Crippen LogP contribution in [0.4, 0.5) is 5.69 Å². The predicted molar refractivity (Wildman–Crippen MR) is 98.9 cm³/mol. The Hall–Kier alpha value is -2.87. The van der Waals surface area contributed by atoms with Gasteiger partial charge in [0, 0.05) is 24.4 Å². The summed E-state index contributed by atoms with van der Waals surface area (Å²) >= 11 is 0. The summed E-state index contributed by atoms with van der Waals surface area (Å²) < 4.78 is 27.7. The minimum absolute atomic E-state index is 0.180. The maximum absolute atomic E-state index is 12.0. The van der Waals surface area contributed by atoms with Crippen LogP contribution in [0, 0.1) is 10.1 Å². The van der Waals surface area contributed by atoms with Gasteiger partial charge in [0.1, 0.15) is 11.9 Å². The van der Waals surface area contributed by atoms with Crippen LogP contribution in [0.2, 0.25) is 0 Å². The standard InChI is InChI=1S/C15H18N3O11P/c19-7-12(28-14(8-20)17-6-5-13(21)16-15(17)22)9-27-30(25,26)29-11-3-1-10(2-4-11)18(23)24/h1-6,12,14,19-20H,7-9H2,(H,25,26)(H,16,21,22)/t12-,14-/m1/s1. The zero-order valence-electron chi connectivity index (χ0n) is 15.2. The minimum Gasteiger partial charge on any atom is -0.404 e. The van der Waals surface area contributed by atoms with Crippen molar-refractivity contribution in [1.82, 2.24) is 9.55 Å². The molecule has 0 fully saturated rings. The first-order valence-electron chi connectivity index (χ1n) is 8.25. The summed E-state index contributed by atoms with van der Waals surface area (Å²) in [7, 11) is -4.70. The van der Waals surface area contributed by atoms with E-state index >= 15 is 0 Å². The van der Waals surface area contributed by atoms with Crippen molar-refractivity contribution in [3.63, 3.8) is 0 Å². The molecule has 0 radical (unpaired) electrons. The van der Waals surface area contributed by atoms with Crippen LogP contribution in [-0.4, -0.2) is 55.5 Å². The van der Waals surface area contributed by atoms with Crippen molar-refractivity contribution in [1.29, 1.82) is 0 Å². The lowest BCUT2D eigenvalue weighted by atomic mass is 10.3. The quantitative estimate of drug-likeness (QED) is 0.196. The van der Waals surface area contributed by atoms with Gasteiger partial charge in [0.2, 0.25) is 0 Å². The first kappa shape index (κ1) is 23.4. The van der Waals surface area contributed by atoms with E-state index in [0.717, 1.165) is 41.1 Å². The number of aliphatic hydroxyl groups excluding tert-OH is 2. The second-order valence-electron chi connectivity index (χ2n) is 5.70. The summed E-state index contributed by atoms with van der Waals surface area (Å²) in [6.07, 6.45) is -1.53. The molecule has 2 aromatic rings. The fourth-order valence-corrected chi connectivity index (χ4v) is 2.97. The van der Waals surface area contributed by atoms with Crippen molar-refractivity contribution in [2.24, 2.45) is 0 Å². The molecule has 0 aliphatic rings. The van der Waals surface area contributed by atoms with Gasteiger partial charge in [-0.3, -0.25) is 33.9 Å². The molecule has 1 heterocycles. The van der Waals surface area contributed by atoms with Crippen LogP contribution in [-0.2, 0) is 13.8 Å². The Balaban J connectivity index is 2.00. The number of nitro groups is 1. The number of ether oxygens (including phenoxy) is 1. The van der Waals surface area contributed by atoms with E-state index < -0.39 is 56.1 Å². The second-order valence-corrected chi connectivity index (χ2v) is 7.08. The first-order valence-corrected chi connectivity index (χ1v) is 9.74. The van der Waals surface area contributed by atoms with Gasteiger partial charge in [-0.1, -0.05) is 0 Å². The number of aromatic amines is 1. The number of nitrogens with zero attached hydrogens (tertiary/aromatic N) is 2. The molecule has 0 amide bonds. The van der Waals surface area contributed by atoms with Gasteiger partial charge >= 0.3 is 13.5 Å². The maximum Gasteiger partial charge on any atom is 0.527 e. The molecule has 164 valence electrons. The second kappa shape index (κ2) is 10.2. The molecule has 1 aromatic carbocycles. The molecule has 1 unspecified atom stereocenters. The molecule has 0 saturated heterocycles. The molecule has 15 heteroatoms. The number of H-pyrrole nitrogens is 1. The number of nitrogens with one attached hydrogen (secondary N) is 1. The Bertz CT molecular complexity index is 1020. The van der Waals surface area contributed by atoms with E-state index in [9.17, 15) is 39.4 Å². The molecule has 0 bridgehead atoms. The summed E-state index contributed by atoms with van der Waals surface area (Å²) in [5, 5.41) is 29.4. The Labute approximate surface area is 167 Å². The molecule has 0 aliphatic heterocycles. The van der Waals surface area contributed by atoms with Crippen molar-refractivity contribution in [3.8, 4) is 5.75 Å². The van der Waals surface area contributed by atoms with Crippen molar-refractivity contribution in [2.45, 2.75) is 12.3 Å². The van der Waals surface area contributed by atoms with E-state index in [2.05, 4.69) is 0 Å². The zero-order chi connectivity index (χ0) is 22.3. The molecule has 0 aliphatic carbocycles. The lowest BCUT2D eigenvalue weighted by Crippen LogP contribution is -2.37. The summed E-state index contributed by atoms with van der Waals surface area (Å²) in [5.41, 5.74) is -1.80. The summed E-state index contributed by atoms with van der Waals surface area (Å²) in [6, 6.07) is 5.31. The Morgan fingerprint density at radius 1 is 1.17 bits per heavy atom. The van der Waals surface area contributed by atoms with E-state index in [4.69, 9.17) is 13.8 Å². The maximum atomic E-state index is 12.0. The lowest BCUT2D eigenvalue weighted by molar-refractivity contribution is -0.384. The number of phosphoric ester groups is 1. The Morgan fingerprint density at radius 3 is 2.37 bits per heavy atom. The summed E-state index contributed by atoms with van der Waals surface area (Å²) in [5.74, 6) is -0.180.